The van der Waals surface area contributed by atoms with Crippen molar-refractivity contribution in [3.8, 4) is 0 Å². The summed E-state index contributed by atoms with van der Waals surface area (Å²) >= 11 is 0. The molecule has 0 bridgehead atoms. The minimum absolute atomic E-state index is 0.202. The average Bonchev–Trinajstić information content (AvgIpc) is 3.09. The summed E-state index contributed by atoms with van der Waals surface area (Å²) in [4.78, 5) is 32.2. The van der Waals surface area contributed by atoms with Gasteiger partial charge in [-0.2, -0.15) is 0 Å². The Morgan fingerprint density at radius 2 is 1.88 bits per heavy atom. The molecule has 132 valence electrons. The molecule has 0 atom stereocenters. The number of piperazine rings is 1. The Bertz CT molecular complexity index is 920. The molecule has 0 radical (unpaired) electrons. The number of nitrogens with two attached hydrogens (primary N) is 1. The van der Waals surface area contributed by atoms with Gasteiger partial charge in [0.05, 0.1) is 17.7 Å². The normalized spacial score (nSPS) is 18.2. The molecule has 2 aromatic rings. The lowest BCUT2D eigenvalue weighted by atomic mass is 9.88. The number of imidazole rings is 1. The number of amides is 2. The fraction of sp³-hybridized carbons (Fsp3) is 0.150. The van der Waals surface area contributed by atoms with Crippen LogP contribution in [-0.4, -0.2) is 21.8 Å². The fourth-order valence-corrected chi connectivity index (χ4v) is 2.65. The maximum atomic E-state index is 12.5. The number of H-pyrrole nitrogens is 1. The summed E-state index contributed by atoms with van der Waals surface area (Å²) < 4.78 is 0. The van der Waals surface area contributed by atoms with Gasteiger partial charge in [0.15, 0.2) is 0 Å². The van der Waals surface area contributed by atoms with Crippen LogP contribution < -0.4 is 10.6 Å². The van der Waals surface area contributed by atoms with Crippen LogP contribution in [0.4, 0.5) is 0 Å². The predicted molar refractivity (Wildman–Crippen MR) is 99.3 cm³/mol. The van der Waals surface area contributed by atoms with Crippen LogP contribution in [-0.2, 0) is 15.0 Å². The van der Waals surface area contributed by atoms with Gasteiger partial charge in [-0.15, -0.1) is 6.58 Å². The van der Waals surface area contributed by atoms with Crippen molar-refractivity contribution >= 4 is 24.0 Å². The van der Waals surface area contributed by atoms with E-state index >= 15 is 0 Å². The highest BCUT2D eigenvalue weighted by molar-refractivity contribution is 6.07. The number of hydrogen-bond acceptors (Lipinski definition) is 3. The van der Waals surface area contributed by atoms with E-state index in [1.165, 1.54) is 5.32 Å². The molecule has 1 aromatic carbocycles. The smallest absolute Gasteiger partial charge is 0.347 e. The number of allylic oxidation sites excluding steroid dienone is 1. The van der Waals surface area contributed by atoms with Gasteiger partial charge in [-0.3, -0.25) is 4.79 Å². The van der Waals surface area contributed by atoms with E-state index in [0.717, 1.165) is 11.3 Å². The lowest BCUT2D eigenvalue weighted by Gasteiger charge is -2.19. The third-order valence-corrected chi connectivity index (χ3v) is 4.29. The van der Waals surface area contributed by atoms with Crippen molar-refractivity contribution in [2.75, 3.05) is 0 Å². The maximum Gasteiger partial charge on any atom is 0.364 e. The molecular weight excluding hydrogens is 328 g/mol. The number of carbonyl (C=O) groups excluding carboxylic acids is 2. The van der Waals surface area contributed by atoms with E-state index in [1.54, 1.807) is 24.6 Å². The number of benzene rings is 1. The summed E-state index contributed by atoms with van der Waals surface area (Å²) in [6.45, 7) is 7.81. The number of carbonyl (C=O) groups is 2. The van der Waals surface area contributed by atoms with Crippen LogP contribution in [0.2, 0.25) is 0 Å². The third kappa shape index (κ3) is 3.55. The molecule has 1 aliphatic rings. The quantitative estimate of drug-likeness (QED) is 0.577. The molecule has 3 rings (SSSR count). The predicted octanol–water partition coefficient (Wildman–Crippen LogP) is 1.48. The summed E-state index contributed by atoms with van der Waals surface area (Å²) in [5, 5.41) is 4.01. The van der Waals surface area contributed by atoms with Gasteiger partial charge in [0, 0.05) is 11.5 Å². The van der Waals surface area contributed by atoms with Crippen molar-refractivity contribution in [3.63, 3.8) is 0 Å². The molecule has 6 heteroatoms. The van der Waals surface area contributed by atoms with Gasteiger partial charge in [0.1, 0.15) is 5.70 Å². The molecule has 1 saturated heterocycles. The van der Waals surface area contributed by atoms with Gasteiger partial charge in [0.2, 0.25) is 5.70 Å². The number of hydrogen-bond donors (Lipinski definition) is 3. The van der Waals surface area contributed by atoms with E-state index in [0.29, 0.717) is 11.4 Å². The lowest BCUT2D eigenvalue weighted by molar-refractivity contribution is -0.510. The van der Waals surface area contributed by atoms with Gasteiger partial charge < -0.3 is 10.3 Å². The number of nitrogens with zero attached hydrogens (tertiary/aromatic N) is 1. The molecule has 0 spiro atoms. The standard InChI is InChI=1S/C20H20N4O2/c1-4-20(2,3)17-14(21-12-22-17)11-16-19(26)23-15(18(25)24-16)10-13-8-6-5-7-9-13/h4-12H,1H2,2-3H3,(H,21,22)(H,23,26)(H,24,25)/p+1/b15-10-,16-11-. The first-order valence-electron chi connectivity index (χ1n) is 8.27. The molecule has 4 N–H and O–H groups in total. The van der Waals surface area contributed by atoms with Crippen LogP contribution >= 0.6 is 0 Å². The molecule has 2 amide bonds. The molecule has 1 fully saturated rings. The summed E-state index contributed by atoms with van der Waals surface area (Å²) in [6, 6.07) is 9.39. The number of aromatic nitrogens is 2. The second-order valence-electron chi connectivity index (χ2n) is 6.62. The van der Waals surface area contributed by atoms with Gasteiger partial charge >= 0.3 is 11.8 Å². The van der Waals surface area contributed by atoms with Crippen molar-refractivity contribution in [3.05, 3.63) is 77.7 Å². The van der Waals surface area contributed by atoms with Gasteiger partial charge in [0.25, 0.3) is 0 Å². The van der Waals surface area contributed by atoms with Crippen molar-refractivity contribution < 1.29 is 14.9 Å². The summed E-state index contributed by atoms with van der Waals surface area (Å²) in [5.74, 6) is -0.586. The number of aromatic amines is 1. The minimum atomic E-state index is -0.341. The van der Waals surface area contributed by atoms with Crippen LogP contribution in [0.15, 0.2) is 60.7 Å². The molecule has 0 unspecified atom stereocenters. The monoisotopic (exact) mass is 349 g/mol. The highest BCUT2D eigenvalue weighted by Crippen LogP contribution is 2.26. The highest BCUT2D eigenvalue weighted by atomic mass is 16.2. The zero-order valence-electron chi connectivity index (χ0n) is 14.7. The first-order valence-corrected chi connectivity index (χ1v) is 8.27. The highest BCUT2D eigenvalue weighted by Gasteiger charge is 2.31. The zero-order chi connectivity index (χ0) is 18.7. The molecule has 1 aromatic heterocycles. The van der Waals surface area contributed by atoms with Crippen LogP contribution in [0.3, 0.4) is 0 Å². The van der Waals surface area contributed by atoms with E-state index in [1.807, 2.05) is 44.2 Å². The second kappa shape index (κ2) is 6.93. The maximum absolute atomic E-state index is 12.5. The zero-order valence-corrected chi connectivity index (χ0v) is 14.7. The van der Waals surface area contributed by atoms with Crippen molar-refractivity contribution in [1.29, 1.82) is 0 Å². The Morgan fingerprint density at radius 1 is 1.15 bits per heavy atom. The average molecular weight is 349 g/mol. The Hall–Kier alpha value is -3.25. The molecule has 2 heterocycles. The van der Waals surface area contributed by atoms with E-state index < -0.39 is 0 Å². The number of rotatable bonds is 4. The SMILES string of the molecule is C=CC(C)(C)c1[nH]cnc1/C=C1\NC(=O)/C(=C/c2ccccc2)[NH2+]C1=O. The first kappa shape index (κ1) is 17.6. The third-order valence-electron chi connectivity index (χ3n) is 4.29. The Morgan fingerprint density at radius 3 is 2.58 bits per heavy atom. The molecule has 1 aliphatic heterocycles. The Kier molecular flexibility index (Phi) is 4.69. The van der Waals surface area contributed by atoms with E-state index in [-0.39, 0.29) is 22.9 Å². The summed E-state index contributed by atoms with van der Waals surface area (Å²) in [7, 11) is 0. The van der Waals surface area contributed by atoms with Crippen LogP contribution in [0.1, 0.15) is 30.8 Å². The molecule has 0 aliphatic carbocycles. The second-order valence-corrected chi connectivity index (χ2v) is 6.62. The van der Waals surface area contributed by atoms with Gasteiger partial charge in [-0.1, -0.05) is 50.3 Å². The summed E-state index contributed by atoms with van der Waals surface area (Å²) in [5.41, 5.74) is 2.47. The van der Waals surface area contributed by atoms with Gasteiger partial charge in [-0.25, -0.2) is 15.1 Å². The van der Waals surface area contributed by atoms with Crippen LogP contribution in [0.5, 0.6) is 0 Å². The van der Waals surface area contributed by atoms with Crippen molar-refractivity contribution in [2.24, 2.45) is 0 Å². The van der Waals surface area contributed by atoms with Crippen molar-refractivity contribution in [2.45, 2.75) is 19.3 Å². The topological polar surface area (TPSA) is 91.5 Å². The lowest BCUT2D eigenvalue weighted by Crippen LogP contribution is -2.91. The number of nitrogens with one attached hydrogen (secondary N) is 2. The van der Waals surface area contributed by atoms with Crippen LogP contribution in [0, 0.1) is 0 Å². The molecular formula is C20H21N4O2+. The number of quaternary nitrogens is 1. The van der Waals surface area contributed by atoms with E-state index in [9.17, 15) is 9.59 Å². The molecule has 0 saturated carbocycles. The molecule has 6 nitrogen and oxygen atoms in total. The van der Waals surface area contributed by atoms with Crippen LogP contribution in [0.25, 0.3) is 12.2 Å². The first-order chi connectivity index (χ1) is 12.4. The Balaban J connectivity index is 1.87. The van der Waals surface area contributed by atoms with Gasteiger partial charge in [-0.05, 0) is 11.6 Å². The number of primary amides is 1. The molecule has 26 heavy (non-hydrogen) atoms. The minimum Gasteiger partial charge on any atom is -0.347 e. The largest absolute Gasteiger partial charge is 0.364 e. The van der Waals surface area contributed by atoms with E-state index in [4.69, 9.17) is 0 Å². The Labute approximate surface area is 151 Å². The summed E-state index contributed by atoms with van der Waals surface area (Å²) in [6.07, 6.45) is 6.64. The fourth-order valence-electron chi connectivity index (χ4n) is 2.65. The van der Waals surface area contributed by atoms with Crippen molar-refractivity contribution in [1.82, 2.24) is 15.3 Å². The van der Waals surface area contributed by atoms with E-state index in [2.05, 4.69) is 21.9 Å².